The summed E-state index contributed by atoms with van der Waals surface area (Å²) in [6, 6.07) is 0. The van der Waals surface area contributed by atoms with Crippen LogP contribution in [0.3, 0.4) is 0 Å². The topological polar surface area (TPSA) is 38.7 Å². The molecule has 0 aromatic rings. The fourth-order valence-corrected chi connectivity index (χ4v) is 4.60. The molecule has 2 aliphatic carbocycles. The molecule has 0 saturated heterocycles. The summed E-state index contributed by atoms with van der Waals surface area (Å²) >= 11 is 0. The van der Waals surface area contributed by atoms with Crippen molar-refractivity contribution in [2.75, 3.05) is 0 Å². The standard InChI is InChI=1S/C21H36O3/c1-9-11-17(2,3)23-24-18(4,5)13-14-21(22)15-16-10-12-20(21,8)19(16,6)7/h16,22H,9-12,15H2,1-8H3/t16-,20-,21-/m1/s1. The van der Waals surface area contributed by atoms with Gasteiger partial charge in [-0.1, -0.05) is 46.0 Å². The Balaban J connectivity index is 2.11. The predicted octanol–water partition coefficient (Wildman–Crippen LogP) is 4.87. The van der Waals surface area contributed by atoms with Crippen LogP contribution >= 0.6 is 0 Å². The minimum Gasteiger partial charge on any atom is -0.377 e. The van der Waals surface area contributed by atoms with E-state index in [4.69, 9.17) is 9.78 Å². The number of hydrogen-bond acceptors (Lipinski definition) is 3. The summed E-state index contributed by atoms with van der Waals surface area (Å²) in [4.78, 5) is 11.3. The molecule has 0 aliphatic heterocycles. The molecule has 3 atom stereocenters. The molecule has 2 saturated carbocycles. The van der Waals surface area contributed by atoms with Gasteiger partial charge in [0.25, 0.3) is 0 Å². The molecule has 2 rings (SSSR count). The zero-order valence-corrected chi connectivity index (χ0v) is 16.9. The molecule has 2 fully saturated rings. The Kier molecular flexibility index (Phi) is 4.95. The largest absolute Gasteiger partial charge is 0.377 e. The lowest BCUT2D eigenvalue weighted by molar-refractivity contribution is -0.389. The third kappa shape index (κ3) is 3.26. The van der Waals surface area contributed by atoms with E-state index in [0.29, 0.717) is 5.92 Å². The third-order valence-electron chi connectivity index (χ3n) is 6.79. The Morgan fingerprint density at radius 2 is 1.75 bits per heavy atom. The van der Waals surface area contributed by atoms with Crippen LogP contribution in [-0.2, 0) is 9.78 Å². The van der Waals surface area contributed by atoms with Gasteiger partial charge in [-0.05, 0) is 64.7 Å². The smallest absolute Gasteiger partial charge is 0.158 e. The van der Waals surface area contributed by atoms with E-state index >= 15 is 0 Å². The summed E-state index contributed by atoms with van der Waals surface area (Å²) in [6.07, 6.45) is 4.96. The summed E-state index contributed by atoms with van der Waals surface area (Å²) in [6.45, 7) is 16.7. The lowest BCUT2D eigenvalue weighted by Crippen LogP contribution is -2.46. The summed E-state index contributed by atoms with van der Waals surface area (Å²) in [5.41, 5.74) is -2.04. The van der Waals surface area contributed by atoms with Crippen molar-refractivity contribution in [2.45, 2.75) is 104 Å². The first-order valence-corrected chi connectivity index (χ1v) is 9.42. The lowest BCUT2D eigenvalue weighted by Gasteiger charge is -2.42. The molecule has 1 N–H and O–H groups in total. The van der Waals surface area contributed by atoms with Crippen molar-refractivity contribution in [1.82, 2.24) is 0 Å². The van der Waals surface area contributed by atoms with E-state index in [1.165, 1.54) is 6.42 Å². The van der Waals surface area contributed by atoms with Crippen molar-refractivity contribution < 1.29 is 14.9 Å². The van der Waals surface area contributed by atoms with Crippen molar-refractivity contribution in [3.63, 3.8) is 0 Å². The minimum absolute atomic E-state index is 0.126. The third-order valence-corrected chi connectivity index (χ3v) is 6.79. The minimum atomic E-state index is -0.932. The zero-order valence-electron chi connectivity index (χ0n) is 16.9. The Labute approximate surface area is 148 Å². The molecule has 3 nitrogen and oxygen atoms in total. The number of rotatable bonds is 5. The van der Waals surface area contributed by atoms with Gasteiger partial charge in [0.15, 0.2) is 5.60 Å². The van der Waals surface area contributed by atoms with Gasteiger partial charge in [0, 0.05) is 5.41 Å². The SMILES string of the molecule is CCCC(C)(C)OOC(C)(C)C#C[C@@]1(O)C[C@H]2CC[C@]1(C)C2(C)C. The van der Waals surface area contributed by atoms with E-state index in [-0.39, 0.29) is 16.4 Å². The number of fused-ring (bicyclic) bond motifs is 2. The van der Waals surface area contributed by atoms with Gasteiger partial charge in [-0.15, -0.1) is 0 Å². The average molecular weight is 337 g/mol. The molecule has 24 heavy (non-hydrogen) atoms. The van der Waals surface area contributed by atoms with Crippen molar-refractivity contribution in [2.24, 2.45) is 16.7 Å². The summed E-state index contributed by atoms with van der Waals surface area (Å²) in [5, 5.41) is 11.3. The highest BCUT2D eigenvalue weighted by atomic mass is 17.2. The normalized spacial score (nSPS) is 35.0. The average Bonchev–Trinajstić information content (AvgIpc) is 2.76. The van der Waals surface area contributed by atoms with Crippen LogP contribution in [0, 0.1) is 28.6 Å². The monoisotopic (exact) mass is 336 g/mol. The zero-order chi connectivity index (χ0) is 18.4. The van der Waals surface area contributed by atoms with E-state index in [1.54, 1.807) is 0 Å². The van der Waals surface area contributed by atoms with Crippen molar-refractivity contribution in [3.05, 3.63) is 0 Å². The lowest BCUT2D eigenvalue weighted by atomic mass is 9.64. The van der Waals surface area contributed by atoms with Crippen LogP contribution in [-0.4, -0.2) is 21.9 Å². The van der Waals surface area contributed by atoms with Gasteiger partial charge in [-0.25, -0.2) is 9.78 Å². The molecule has 0 aromatic heterocycles. The van der Waals surface area contributed by atoms with Crippen molar-refractivity contribution in [3.8, 4) is 11.8 Å². The van der Waals surface area contributed by atoms with Gasteiger partial charge in [0.1, 0.15) is 5.60 Å². The Bertz CT molecular complexity index is 537. The van der Waals surface area contributed by atoms with Crippen LogP contribution in [0.1, 0.15) is 87.5 Å². The van der Waals surface area contributed by atoms with Crippen LogP contribution in [0.5, 0.6) is 0 Å². The van der Waals surface area contributed by atoms with Crippen LogP contribution < -0.4 is 0 Å². The Morgan fingerprint density at radius 3 is 2.21 bits per heavy atom. The highest BCUT2D eigenvalue weighted by molar-refractivity contribution is 5.31. The van der Waals surface area contributed by atoms with Crippen LogP contribution in [0.25, 0.3) is 0 Å². The fraction of sp³-hybridized carbons (Fsp3) is 0.905. The van der Waals surface area contributed by atoms with Crippen molar-refractivity contribution >= 4 is 0 Å². The molecule has 0 spiro atoms. The van der Waals surface area contributed by atoms with Crippen molar-refractivity contribution in [1.29, 1.82) is 0 Å². The van der Waals surface area contributed by atoms with E-state index in [0.717, 1.165) is 25.7 Å². The van der Waals surface area contributed by atoms with Gasteiger partial charge in [-0.2, -0.15) is 0 Å². The highest BCUT2D eigenvalue weighted by Crippen LogP contribution is 2.69. The van der Waals surface area contributed by atoms with E-state index in [2.05, 4.69) is 39.5 Å². The van der Waals surface area contributed by atoms with Gasteiger partial charge >= 0.3 is 0 Å². The maximum atomic E-state index is 11.3. The summed E-state index contributed by atoms with van der Waals surface area (Å²) in [7, 11) is 0. The van der Waals surface area contributed by atoms with Crippen LogP contribution in [0.2, 0.25) is 0 Å². The van der Waals surface area contributed by atoms with Crippen LogP contribution in [0.15, 0.2) is 0 Å². The molecule has 0 aromatic carbocycles. The molecule has 0 unspecified atom stereocenters. The Hall–Kier alpha value is -0.560. The molecule has 2 bridgehead atoms. The van der Waals surface area contributed by atoms with E-state index < -0.39 is 11.2 Å². The predicted molar refractivity (Wildman–Crippen MR) is 97.2 cm³/mol. The first kappa shape index (κ1) is 19.8. The molecule has 2 aliphatic rings. The Morgan fingerprint density at radius 1 is 1.12 bits per heavy atom. The number of hydrogen-bond donors (Lipinski definition) is 1. The van der Waals surface area contributed by atoms with Gasteiger partial charge in [-0.3, -0.25) is 0 Å². The van der Waals surface area contributed by atoms with Gasteiger partial charge in [0.2, 0.25) is 0 Å². The summed E-state index contributed by atoms with van der Waals surface area (Å²) < 4.78 is 0. The maximum Gasteiger partial charge on any atom is 0.158 e. The first-order valence-electron chi connectivity index (χ1n) is 9.42. The fourth-order valence-electron chi connectivity index (χ4n) is 4.60. The van der Waals surface area contributed by atoms with E-state index in [1.807, 2.05) is 27.7 Å². The second-order valence-electron chi connectivity index (χ2n) is 9.79. The van der Waals surface area contributed by atoms with Gasteiger partial charge in [0.05, 0.1) is 5.60 Å². The maximum absolute atomic E-state index is 11.3. The molecule has 138 valence electrons. The molecule has 0 heterocycles. The number of aliphatic hydroxyl groups is 1. The first-order chi connectivity index (χ1) is 10.8. The summed E-state index contributed by atoms with van der Waals surface area (Å²) in [5.74, 6) is 6.90. The molecule has 0 radical (unpaired) electrons. The molecule has 0 amide bonds. The second-order valence-corrected chi connectivity index (χ2v) is 9.79. The molecular weight excluding hydrogens is 300 g/mol. The van der Waals surface area contributed by atoms with E-state index in [9.17, 15) is 5.11 Å². The van der Waals surface area contributed by atoms with Crippen LogP contribution in [0.4, 0.5) is 0 Å². The highest BCUT2D eigenvalue weighted by Gasteiger charge is 2.68. The molecular formula is C21H36O3. The van der Waals surface area contributed by atoms with Gasteiger partial charge < -0.3 is 5.11 Å². The molecule has 3 heteroatoms. The quantitative estimate of drug-likeness (QED) is 0.442. The second kappa shape index (κ2) is 6.01.